The summed E-state index contributed by atoms with van der Waals surface area (Å²) in [6.45, 7) is 17.8. The van der Waals surface area contributed by atoms with Crippen molar-refractivity contribution >= 4 is 0 Å². The molecule has 0 fully saturated rings. The predicted molar refractivity (Wildman–Crippen MR) is 138 cm³/mol. The van der Waals surface area contributed by atoms with Gasteiger partial charge >= 0.3 is 0 Å². The summed E-state index contributed by atoms with van der Waals surface area (Å²) >= 11 is 0. The predicted octanol–water partition coefficient (Wildman–Crippen LogP) is 9.78. The monoisotopic (exact) mass is 408 g/mol. The molecule has 0 saturated heterocycles. The van der Waals surface area contributed by atoms with Crippen LogP contribution in [0.2, 0.25) is 0 Å². The fraction of sp³-hybridized carbons (Fsp3) is 0.600. The van der Waals surface area contributed by atoms with Crippen molar-refractivity contribution in [1.29, 1.82) is 0 Å². The third kappa shape index (κ3) is 11.6. The summed E-state index contributed by atoms with van der Waals surface area (Å²) in [7, 11) is 0. The first-order valence-electron chi connectivity index (χ1n) is 12.2. The Balaban J connectivity index is 0.000000300. The van der Waals surface area contributed by atoms with Gasteiger partial charge in [0.05, 0.1) is 0 Å². The molecule has 0 bridgehead atoms. The van der Waals surface area contributed by atoms with Crippen LogP contribution in [-0.4, -0.2) is 0 Å². The fourth-order valence-corrected chi connectivity index (χ4v) is 4.03. The molecule has 0 radical (unpaired) electrons. The molecule has 0 saturated carbocycles. The highest BCUT2D eigenvalue weighted by Crippen LogP contribution is 2.27. The average Bonchev–Trinajstić information content (AvgIpc) is 2.69. The van der Waals surface area contributed by atoms with Crippen molar-refractivity contribution < 1.29 is 0 Å². The molecule has 0 unspecified atom stereocenters. The van der Waals surface area contributed by atoms with E-state index in [2.05, 4.69) is 104 Å². The van der Waals surface area contributed by atoms with Gasteiger partial charge in [-0.05, 0) is 104 Å². The Morgan fingerprint density at radius 2 is 1.13 bits per heavy atom. The zero-order valence-corrected chi connectivity index (χ0v) is 21.2. The second-order valence-corrected chi connectivity index (χ2v) is 10.1. The minimum atomic E-state index is 0.763. The maximum Gasteiger partial charge on any atom is -0.0170 e. The molecule has 4 atom stereocenters. The van der Waals surface area contributed by atoms with E-state index in [1.807, 2.05) is 0 Å². The number of hydrogen-bond acceptors (Lipinski definition) is 0. The van der Waals surface area contributed by atoms with Gasteiger partial charge in [-0.25, -0.2) is 0 Å². The molecule has 0 aromatic heterocycles. The lowest BCUT2D eigenvalue weighted by Crippen LogP contribution is -2.10. The van der Waals surface area contributed by atoms with Crippen LogP contribution in [0.3, 0.4) is 0 Å². The van der Waals surface area contributed by atoms with Gasteiger partial charge in [-0.15, -0.1) is 0 Å². The van der Waals surface area contributed by atoms with E-state index in [1.54, 1.807) is 0 Å². The van der Waals surface area contributed by atoms with E-state index in [4.69, 9.17) is 0 Å². The highest BCUT2D eigenvalue weighted by atomic mass is 14.2. The Bertz CT molecular complexity index is 609. The summed E-state index contributed by atoms with van der Waals surface area (Å²) in [4.78, 5) is 0. The Labute approximate surface area is 188 Å². The summed E-state index contributed by atoms with van der Waals surface area (Å²) in [5.41, 5.74) is 5.72. The molecule has 0 nitrogen and oxygen atoms in total. The highest BCUT2D eigenvalue weighted by Gasteiger charge is 2.15. The Kier molecular flexibility index (Phi) is 12.7. The molecular formula is C30H48. The van der Waals surface area contributed by atoms with Crippen molar-refractivity contribution in [2.75, 3.05) is 0 Å². The van der Waals surface area contributed by atoms with E-state index in [0.717, 1.165) is 23.7 Å². The van der Waals surface area contributed by atoms with Crippen molar-refractivity contribution in [2.24, 2.45) is 23.7 Å². The van der Waals surface area contributed by atoms with Crippen LogP contribution in [0.1, 0.15) is 93.9 Å². The molecular weight excluding hydrogens is 360 g/mol. The normalized spacial score (nSPS) is 22.1. The van der Waals surface area contributed by atoms with Crippen LogP contribution in [0.25, 0.3) is 0 Å². The molecule has 168 valence electrons. The van der Waals surface area contributed by atoms with Crippen LogP contribution >= 0.6 is 0 Å². The lowest BCUT2D eigenvalue weighted by atomic mass is 9.84. The molecule has 0 spiro atoms. The summed E-state index contributed by atoms with van der Waals surface area (Å²) in [5.74, 6) is 3.14. The van der Waals surface area contributed by atoms with E-state index in [0.29, 0.717) is 0 Å². The van der Waals surface area contributed by atoms with Gasteiger partial charge in [0.1, 0.15) is 0 Å². The third-order valence-electron chi connectivity index (χ3n) is 6.45. The first kappa shape index (κ1) is 26.5. The second kappa shape index (κ2) is 14.4. The van der Waals surface area contributed by atoms with Gasteiger partial charge in [0.25, 0.3) is 0 Å². The number of hydrogen-bond donors (Lipinski definition) is 0. The van der Waals surface area contributed by atoms with Crippen LogP contribution in [0.15, 0.2) is 70.9 Å². The number of rotatable bonds is 8. The Hall–Kier alpha value is -1.56. The van der Waals surface area contributed by atoms with Crippen molar-refractivity contribution in [3.05, 3.63) is 70.9 Å². The summed E-state index contributed by atoms with van der Waals surface area (Å²) in [6, 6.07) is 0. The van der Waals surface area contributed by atoms with Gasteiger partial charge in [0, 0.05) is 0 Å². The summed E-state index contributed by atoms with van der Waals surface area (Å²) < 4.78 is 0. The van der Waals surface area contributed by atoms with Crippen molar-refractivity contribution in [3.63, 3.8) is 0 Å². The van der Waals surface area contributed by atoms with E-state index in [1.165, 1.54) is 60.8 Å². The molecule has 30 heavy (non-hydrogen) atoms. The van der Waals surface area contributed by atoms with Gasteiger partial charge in [-0.1, -0.05) is 84.7 Å². The first-order chi connectivity index (χ1) is 14.2. The Morgan fingerprint density at radius 3 is 1.40 bits per heavy atom. The molecule has 2 rings (SSSR count). The van der Waals surface area contributed by atoms with Crippen molar-refractivity contribution in [2.45, 2.75) is 93.9 Å². The van der Waals surface area contributed by atoms with Crippen LogP contribution in [0.5, 0.6) is 0 Å². The average molecular weight is 409 g/mol. The third-order valence-corrected chi connectivity index (χ3v) is 6.45. The smallest absolute Gasteiger partial charge is 0.0170 e. The second-order valence-electron chi connectivity index (χ2n) is 10.1. The Morgan fingerprint density at radius 1 is 0.767 bits per heavy atom. The van der Waals surface area contributed by atoms with Gasteiger partial charge in [-0.3, -0.25) is 0 Å². The van der Waals surface area contributed by atoms with Crippen LogP contribution in [0, 0.1) is 23.7 Å². The summed E-state index contributed by atoms with van der Waals surface area (Å²) in [5, 5.41) is 0. The lowest BCUT2D eigenvalue weighted by Gasteiger charge is -2.21. The molecule has 0 aromatic carbocycles. The van der Waals surface area contributed by atoms with Crippen molar-refractivity contribution in [1.82, 2.24) is 0 Å². The van der Waals surface area contributed by atoms with Gasteiger partial charge in [0.2, 0.25) is 0 Å². The zero-order chi connectivity index (χ0) is 22.5. The molecule has 0 heterocycles. The topological polar surface area (TPSA) is 0 Å². The molecule has 0 aliphatic heterocycles. The molecule has 0 N–H and O–H groups in total. The standard InChI is InChI=1S/2C15H24/c2*1-12(2)6-5-7-14(4)15-10-8-13(3)9-11-15/h2*6,8-10,14-15H,5,7,11H2,1-4H3/t2*14-,15+/m11/s1. The maximum absolute atomic E-state index is 2.39. The largest absolute Gasteiger partial charge is 0.0859 e. The van der Waals surface area contributed by atoms with E-state index in [9.17, 15) is 0 Å². The minimum Gasteiger partial charge on any atom is -0.0859 e. The van der Waals surface area contributed by atoms with Gasteiger partial charge in [-0.2, -0.15) is 0 Å². The number of allylic oxidation sites excluding steroid dienone is 12. The van der Waals surface area contributed by atoms with Crippen LogP contribution in [0.4, 0.5) is 0 Å². The molecule has 2 aliphatic carbocycles. The van der Waals surface area contributed by atoms with E-state index < -0.39 is 0 Å². The lowest BCUT2D eigenvalue weighted by molar-refractivity contribution is 0.403. The van der Waals surface area contributed by atoms with Crippen LogP contribution in [-0.2, 0) is 0 Å². The van der Waals surface area contributed by atoms with E-state index in [-0.39, 0.29) is 0 Å². The fourth-order valence-electron chi connectivity index (χ4n) is 4.03. The SMILES string of the molecule is CC(C)=CCC[C@@H](C)[C@H]1C=CC(C)=CC1.CC(C)=CCC[C@@H](C)[C@H]1C=CC(C)=CC1. The summed E-state index contributed by atoms with van der Waals surface area (Å²) in [6.07, 6.45) is 26.3. The van der Waals surface area contributed by atoms with Crippen LogP contribution < -0.4 is 0 Å². The van der Waals surface area contributed by atoms with E-state index >= 15 is 0 Å². The maximum atomic E-state index is 2.39. The molecule has 0 aromatic rings. The first-order valence-corrected chi connectivity index (χ1v) is 12.2. The molecule has 2 aliphatic rings. The zero-order valence-electron chi connectivity index (χ0n) is 21.2. The van der Waals surface area contributed by atoms with Crippen molar-refractivity contribution in [3.8, 4) is 0 Å². The molecule has 0 heteroatoms. The molecule has 0 amide bonds. The van der Waals surface area contributed by atoms with Gasteiger partial charge < -0.3 is 0 Å². The minimum absolute atomic E-state index is 0.763. The quantitative estimate of drug-likeness (QED) is 0.350. The highest BCUT2D eigenvalue weighted by molar-refractivity contribution is 5.22. The van der Waals surface area contributed by atoms with Gasteiger partial charge in [0.15, 0.2) is 0 Å².